The van der Waals surface area contributed by atoms with E-state index in [1.807, 2.05) is 6.07 Å². The van der Waals surface area contributed by atoms with Crippen LogP contribution in [0.2, 0.25) is 0 Å². The van der Waals surface area contributed by atoms with Crippen molar-refractivity contribution in [3.05, 3.63) is 48.3 Å². The maximum Gasteiger partial charge on any atom is 0.274 e. The number of carbonyl (C=O) groups excluding carboxylic acids is 1. The monoisotopic (exact) mass is 311 g/mol. The first-order valence-corrected chi connectivity index (χ1v) is 7.92. The first-order chi connectivity index (χ1) is 11.2. The number of rotatable bonds is 5. The van der Waals surface area contributed by atoms with Crippen LogP contribution in [0.1, 0.15) is 36.2 Å². The van der Waals surface area contributed by atoms with Crippen LogP contribution in [0.15, 0.2) is 42.6 Å². The Morgan fingerprint density at radius 1 is 1.09 bits per heavy atom. The number of amides is 1. The fourth-order valence-corrected chi connectivity index (χ4v) is 2.79. The molecule has 1 saturated carbocycles. The summed E-state index contributed by atoms with van der Waals surface area (Å²) in [6.07, 6.45) is 6.71. The van der Waals surface area contributed by atoms with Crippen molar-refractivity contribution in [2.24, 2.45) is 0 Å². The highest BCUT2D eigenvalue weighted by molar-refractivity contribution is 6.02. The number of methoxy groups -OCH3 is 1. The topological polar surface area (TPSA) is 63.2 Å². The lowest BCUT2D eigenvalue weighted by Crippen LogP contribution is -2.16. The lowest BCUT2D eigenvalue weighted by molar-refractivity contribution is 0.102. The van der Waals surface area contributed by atoms with Gasteiger partial charge in [-0.25, -0.2) is 4.98 Å². The highest BCUT2D eigenvalue weighted by Crippen LogP contribution is 2.22. The molecule has 0 spiro atoms. The largest absolute Gasteiger partial charge is 0.497 e. The van der Waals surface area contributed by atoms with Gasteiger partial charge in [-0.1, -0.05) is 12.8 Å². The zero-order chi connectivity index (χ0) is 16.1. The van der Waals surface area contributed by atoms with Gasteiger partial charge in [0.15, 0.2) is 0 Å². The Balaban J connectivity index is 1.60. The molecule has 1 heterocycles. The van der Waals surface area contributed by atoms with Gasteiger partial charge in [-0.2, -0.15) is 0 Å². The number of benzene rings is 1. The maximum absolute atomic E-state index is 12.2. The number of aromatic nitrogens is 1. The quantitative estimate of drug-likeness (QED) is 0.884. The van der Waals surface area contributed by atoms with Crippen molar-refractivity contribution < 1.29 is 9.53 Å². The molecule has 1 amide bonds. The lowest BCUT2D eigenvalue weighted by atomic mass is 10.2. The Morgan fingerprint density at radius 3 is 2.39 bits per heavy atom. The zero-order valence-corrected chi connectivity index (χ0v) is 13.2. The van der Waals surface area contributed by atoms with Crippen molar-refractivity contribution in [2.45, 2.75) is 31.7 Å². The highest BCUT2D eigenvalue weighted by Gasteiger charge is 2.15. The molecule has 2 aromatic rings. The molecule has 2 N–H and O–H groups in total. The van der Waals surface area contributed by atoms with Crippen molar-refractivity contribution in [3.8, 4) is 5.75 Å². The minimum Gasteiger partial charge on any atom is -0.497 e. The average Bonchev–Trinajstić information content (AvgIpc) is 3.09. The van der Waals surface area contributed by atoms with Crippen LogP contribution >= 0.6 is 0 Å². The molecular weight excluding hydrogens is 290 g/mol. The minimum absolute atomic E-state index is 0.220. The van der Waals surface area contributed by atoms with E-state index in [0.717, 1.165) is 11.4 Å². The van der Waals surface area contributed by atoms with Gasteiger partial charge in [-0.15, -0.1) is 0 Å². The number of carbonyl (C=O) groups is 1. The van der Waals surface area contributed by atoms with Crippen LogP contribution in [0, 0.1) is 0 Å². The SMILES string of the molecule is COc1ccc(NC(=O)c2ccc(NC3CCCC3)cn2)cc1. The summed E-state index contributed by atoms with van der Waals surface area (Å²) < 4.78 is 5.09. The first kappa shape index (κ1) is 15.3. The molecular formula is C18H21N3O2. The summed E-state index contributed by atoms with van der Waals surface area (Å²) in [5.41, 5.74) is 2.08. The first-order valence-electron chi connectivity index (χ1n) is 7.92. The molecule has 1 aliphatic rings. The Morgan fingerprint density at radius 2 is 1.78 bits per heavy atom. The van der Waals surface area contributed by atoms with Crippen LogP contribution in [0.5, 0.6) is 5.75 Å². The van der Waals surface area contributed by atoms with E-state index in [0.29, 0.717) is 17.4 Å². The molecule has 0 radical (unpaired) electrons. The van der Waals surface area contributed by atoms with Crippen LogP contribution in [0.25, 0.3) is 0 Å². The zero-order valence-electron chi connectivity index (χ0n) is 13.2. The molecule has 0 saturated heterocycles. The molecule has 5 nitrogen and oxygen atoms in total. The second-order valence-electron chi connectivity index (χ2n) is 5.74. The number of hydrogen-bond acceptors (Lipinski definition) is 4. The van der Waals surface area contributed by atoms with E-state index in [-0.39, 0.29) is 5.91 Å². The summed E-state index contributed by atoms with van der Waals surface area (Å²) in [7, 11) is 1.61. The Labute approximate surface area is 136 Å². The van der Waals surface area contributed by atoms with Gasteiger partial charge >= 0.3 is 0 Å². The molecule has 0 bridgehead atoms. The lowest BCUT2D eigenvalue weighted by Gasteiger charge is -2.13. The van der Waals surface area contributed by atoms with Gasteiger partial charge in [0.25, 0.3) is 5.91 Å². The molecule has 23 heavy (non-hydrogen) atoms. The van der Waals surface area contributed by atoms with Crippen LogP contribution < -0.4 is 15.4 Å². The van der Waals surface area contributed by atoms with E-state index in [4.69, 9.17) is 4.74 Å². The van der Waals surface area contributed by atoms with Crippen LogP contribution in [-0.2, 0) is 0 Å². The summed E-state index contributed by atoms with van der Waals surface area (Å²) in [5.74, 6) is 0.533. The molecule has 1 aromatic heterocycles. The minimum atomic E-state index is -0.220. The third-order valence-corrected chi connectivity index (χ3v) is 4.07. The fourth-order valence-electron chi connectivity index (χ4n) is 2.79. The van der Waals surface area contributed by atoms with Crippen LogP contribution in [0.4, 0.5) is 11.4 Å². The van der Waals surface area contributed by atoms with E-state index in [9.17, 15) is 4.79 Å². The summed E-state index contributed by atoms with van der Waals surface area (Å²) in [6, 6.07) is 11.4. The summed E-state index contributed by atoms with van der Waals surface area (Å²) in [6.45, 7) is 0. The molecule has 0 atom stereocenters. The molecule has 0 unspecified atom stereocenters. The Bertz CT molecular complexity index is 647. The standard InChI is InChI=1S/C18H21N3O2/c1-23-16-9-6-14(7-10-16)21-18(22)17-11-8-15(12-19-17)20-13-4-2-3-5-13/h6-13,20H,2-5H2,1H3,(H,21,22). The van der Waals surface area contributed by atoms with Gasteiger partial charge in [-0.3, -0.25) is 4.79 Å². The highest BCUT2D eigenvalue weighted by atomic mass is 16.5. The molecule has 120 valence electrons. The van der Waals surface area contributed by atoms with E-state index in [1.165, 1.54) is 25.7 Å². The van der Waals surface area contributed by atoms with Crippen molar-refractivity contribution in [1.82, 2.24) is 4.98 Å². The van der Waals surface area contributed by atoms with Gasteiger partial charge in [0.2, 0.25) is 0 Å². The van der Waals surface area contributed by atoms with Gasteiger partial charge in [0, 0.05) is 11.7 Å². The third kappa shape index (κ3) is 4.00. The van der Waals surface area contributed by atoms with Crippen molar-refractivity contribution in [3.63, 3.8) is 0 Å². The van der Waals surface area contributed by atoms with Crippen molar-refractivity contribution in [2.75, 3.05) is 17.7 Å². The fraction of sp³-hybridized carbons (Fsp3) is 0.333. The van der Waals surface area contributed by atoms with Gasteiger partial charge in [0.1, 0.15) is 11.4 Å². The van der Waals surface area contributed by atoms with Gasteiger partial charge in [-0.05, 0) is 49.2 Å². The van der Waals surface area contributed by atoms with Crippen molar-refractivity contribution in [1.29, 1.82) is 0 Å². The van der Waals surface area contributed by atoms with Crippen LogP contribution in [-0.4, -0.2) is 24.0 Å². The molecule has 5 heteroatoms. The summed E-state index contributed by atoms with van der Waals surface area (Å²) >= 11 is 0. The second-order valence-corrected chi connectivity index (χ2v) is 5.74. The Kier molecular flexibility index (Phi) is 4.76. The molecule has 1 aliphatic carbocycles. The molecule has 1 fully saturated rings. The third-order valence-electron chi connectivity index (χ3n) is 4.07. The summed E-state index contributed by atoms with van der Waals surface area (Å²) in [4.78, 5) is 16.5. The molecule has 1 aromatic carbocycles. The number of pyridine rings is 1. The second kappa shape index (κ2) is 7.13. The van der Waals surface area contributed by atoms with Gasteiger partial charge < -0.3 is 15.4 Å². The summed E-state index contributed by atoms with van der Waals surface area (Å²) in [5, 5.41) is 6.29. The molecule has 0 aliphatic heterocycles. The van der Waals surface area contributed by atoms with Crippen LogP contribution in [0.3, 0.4) is 0 Å². The van der Waals surface area contributed by atoms with E-state index < -0.39 is 0 Å². The van der Waals surface area contributed by atoms with Crippen molar-refractivity contribution >= 4 is 17.3 Å². The number of nitrogens with zero attached hydrogens (tertiary/aromatic N) is 1. The van der Waals surface area contributed by atoms with E-state index in [1.54, 1.807) is 43.6 Å². The van der Waals surface area contributed by atoms with Gasteiger partial charge in [0.05, 0.1) is 19.0 Å². The predicted molar refractivity (Wildman–Crippen MR) is 91.1 cm³/mol. The average molecular weight is 311 g/mol. The predicted octanol–water partition coefficient (Wildman–Crippen LogP) is 3.70. The smallest absolute Gasteiger partial charge is 0.274 e. The maximum atomic E-state index is 12.2. The normalized spacial score (nSPS) is 14.5. The molecule has 3 rings (SSSR count). The number of nitrogens with one attached hydrogen (secondary N) is 2. The van der Waals surface area contributed by atoms with E-state index in [2.05, 4.69) is 15.6 Å². The number of hydrogen-bond donors (Lipinski definition) is 2. The Hall–Kier alpha value is -2.56. The number of anilines is 2. The number of ether oxygens (including phenoxy) is 1. The van der Waals surface area contributed by atoms with E-state index >= 15 is 0 Å².